The minimum atomic E-state index is -0.0703. The van der Waals surface area contributed by atoms with E-state index in [0.717, 1.165) is 25.9 Å². The summed E-state index contributed by atoms with van der Waals surface area (Å²) in [6.07, 6.45) is 4.08. The molecule has 1 fully saturated rings. The summed E-state index contributed by atoms with van der Waals surface area (Å²) in [6, 6.07) is 0. The van der Waals surface area contributed by atoms with Crippen LogP contribution in [0.1, 0.15) is 39.5 Å². The first-order valence-corrected chi connectivity index (χ1v) is 5.51. The molecule has 2 unspecified atom stereocenters. The van der Waals surface area contributed by atoms with Gasteiger partial charge in [0, 0.05) is 13.0 Å². The van der Waals surface area contributed by atoms with Gasteiger partial charge in [0.2, 0.25) is 0 Å². The fraction of sp³-hybridized carbons (Fsp3) is 0.909. The second-order valence-electron chi connectivity index (χ2n) is 3.82. The minimum Gasteiger partial charge on any atom is -0.466 e. The van der Waals surface area contributed by atoms with Gasteiger partial charge in [-0.15, -0.1) is 0 Å². The summed E-state index contributed by atoms with van der Waals surface area (Å²) in [7, 11) is 0. The lowest BCUT2D eigenvalue weighted by Crippen LogP contribution is -2.12. The van der Waals surface area contributed by atoms with Crippen LogP contribution in [0.2, 0.25) is 0 Å². The van der Waals surface area contributed by atoms with Gasteiger partial charge in [0.15, 0.2) is 0 Å². The lowest BCUT2D eigenvalue weighted by molar-refractivity contribution is -0.143. The Labute approximate surface area is 85.8 Å². The third kappa shape index (κ3) is 3.66. The minimum absolute atomic E-state index is 0.0703. The van der Waals surface area contributed by atoms with Crippen LogP contribution in [0.25, 0.3) is 0 Å². The molecule has 0 bridgehead atoms. The molecule has 0 aliphatic carbocycles. The average molecular weight is 200 g/mol. The molecule has 0 radical (unpaired) electrons. The summed E-state index contributed by atoms with van der Waals surface area (Å²) < 4.78 is 10.3. The van der Waals surface area contributed by atoms with Crippen molar-refractivity contribution in [3.63, 3.8) is 0 Å². The lowest BCUT2D eigenvalue weighted by atomic mass is 9.96. The third-order valence-electron chi connectivity index (χ3n) is 2.79. The summed E-state index contributed by atoms with van der Waals surface area (Å²) >= 11 is 0. The summed E-state index contributed by atoms with van der Waals surface area (Å²) in [5, 5.41) is 0. The number of ether oxygens (including phenoxy) is 2. The fourth-order valence-electron chi connectivity index (χ4n) is 1.90. The van der Waals surface area contributed by atoms with E-state index >= 15 is 0 Å². The molecule has 0 aromatic carbocycles. The Bertz CT molecular complexity index is 179. The standard InChI is InChI=1S/C11H20O3/c1-3-13-11(12)6-4-5-10-7-8-14-9(10)2/h9-10H,3-8H2,1-2H3. The molecule has 3 nitrogen and oxygen atoms in total. The first-order valence-electron chi connectivity index (χ1n) is 5.51. The molecule has 0 aromatic rings. The molecule has 0 saturated carbocycles. The molecular formula is C11H20O3. The Morgan fingerprint density at radius 3 is 2.93 bits per heavy atom. The molecule has 0 spiro atoms. The van der Waals surface area contributed by atoms with Crippen LogP contribution in [0.5, 0.6) is 0 Å². The van der Waals surface area contributed by atoms with Crippen molar-refractivity contribution in [1.82, 2.24) is 0 Å². The van der Waals surface area contributed by atoms with Crippen LogP contribution >= 0.6 is 0 Å². The van der Waals surface area contributed by atoms with Crippen molar-refractivity contribution >= 4 is 5.97 Å². The van der Waals surface area contributed by atoms with Crippen molar-refractivity contribution in [2.75, 3.05) is 13.2 Å². The third-order valence-corrected chi connectivity index (χ3v) is 2.79. The van der Waals surface area contributed by atoms with Gasteiger partial charge in [0.1, 0.15) is 0 Å². The Morgan fingerprint density at radius 2 is 2.36 bits per heavy atom. The van der Waals surface area contributed by atoms with Crippen molar-refractivity contribution in [3.8, 4) is 0 Å². The van der Waals surface area contributed by atoms with Gasteiger partial charge in [-0.25, -0.2) is 0 Å². The normalized spacial score (nSPS) is 26.4. The SMILES string of the molecule is CCOC(=O)CCCC1CCOC1C. The molecule has 1 saturated heterocycles. The predicted molar refractivity (Wildman–Crippen MR) is 54.0 cm³/mol. The number of carbonyl (C=O) groups excluding carboxylic acids is 1. The highest BCUT2D eigenvalue weighted by Crippen LogP contribution is 2.25. The molecule has 0 amide bonds. The topological polar surface area (TPSA) is 35.5 Å². The van der Waals surface area contributed by atoms with Gasteiger partial charge in [-0.05, 0) is 39.0 Å². The molecule has 14 heavy (non-hydrogen) atoms. The number of hydrogen-bond acceptors (Lipinski definition) is 3. The molecule has 82 valence electrons. The van der Waals surface area contributed by atoms with Crippen LogP contribution in [-0.4, -0.2) is 25.3 Å². The molecule has 1 aliphatic rings. The van der Waals surface area contributed by atoms with Crippen molar-refractivity contribution < 1.29 is 14.3 Å². The van der Waals surface area contributed by atoms with Crippen LogP contribution in [0.4, 0.5) is 0 Å². The van der Waals surface area contributed by atoms with Crippen molar-refractivity contribution in [2.24, 2.45) is 5.92 Å². The van der Waals surface area contributed by atoms with Crippen LogP contribution in [-0.2, 0) is 14.3 Å². The molecule has 0 N–H and O–H groups in total. The first-order chi connectivity index (χ1) is 6.74. The van der Waals surface area contributed by atoms with Crippen LogP contribution in [0, 0.1) is 5.92 Å². The Kier molecular flexibility index (Phi) is 4.94. The zero-order valence-corrected chi connectivity index (χ0v) is 9.12. The second-order valence-corrected chi connectivity index (χ2v) is 3.82. The van der Waals surface area contributed by atoms with Gasteiger partial charge in [-0.1, -0.05) is 0 Å². The quantitative estimate of drug-likeness (QED) is 0.638. The summed E-state index contributed by atoms with van der Waals surface area (Å²) in [5.41, 5.74) is 0. The Hall–Kier alpha value is -0.570. The van der Waals surface area contributed by atoms with Crippen LogP contribution in [0.3, 0.4) is 0 Å². The summed E-state index contributed by atoms with van der Waals surface area (Å²) in [5.74, 6) is 0.573. The van der Waals surface area contributed by atoms with Crippen molar-refractivity contribution in [1.29, 1.82) is 0 Å². The van der Waals surface area contributed by atoms with Crippen molar-refractivity contribution in [2.45, 2.75) is 45.6 Å². The van der Waals surface area contributed by atoms with Gasteiger partial charge in [0.25, 0.3) is 0 Å². The largest absolute Gasteiger partial charge is 0.466 e. The van der Waals surface area contributed by atoms with Crippen LogP contribution in [0.15, 0.2) is 0 Å². The highest BCUT2D eigenvalue weighted by atomic mass is 16.5. The van der Waals surface area contributed by atoms with Crippen LogP contribution < -0.4 is 0 Å². The Balaban J connectivity index is 2.06. The molecule has 0 aromatic heterocycles. The number of esters is 1. The van der Waals surface area contributed by atoms with E-state index in [0.29, 0.717) is 25.0 Å². The maximum Gasteiger partial charge on any atom is 0.305 e. The average Bonchev–Trinajstić information content (AvgIpc) is 2.52. The summed E-state index contributed by atoms with van der Waals surface area (Å²) in [4.78, 5) is 11.0. The van der Waals surface area contributed by atoms with Gasteiger partial charge in [0.05, 0.1) is 12.7 Å². The molecule has 1 heterocycles. The zero-order valence-electron chi connectivity index (χ0n) is 9.12. The molecule has 3 heteroatoms. The number of hydrogen-bond donors (Lipinski definition) is 0. The maximum atomic E-state index is 11.0. The molecule has 1 aliphatic heterocycles. The summed E-state index contributed by atoms with van der Waals surface area (Å²) in [6.45, 7) is 5.32. The number of carbonyl (C=O) groups is 1. The van der Waals surface area contributed by atoms with E-state index in [-0.39, 0.29) is 5.97 Å². The van der Waals surface area contributed by atoms with E-state index in [1.54, 1.807) is 0 Å². The van der Waals surface area contributed by atoms with E-state index in [1.165, 1.54) is 0 Å². The molecular weight excluding hydrogens is 180 g/mol. The Morgan fingerprint density at radius 1 is 1.57 bits per heavy atom. The van der Waals surface area contributed by atoms with E-state index in [1.807, 2.05) is 6.92 Å². The van der Waals surface area contributed by atoms with Gasteiger partial charge >= 0.3 is 5.97 Å². The van der Waals surface area contributed by atoms with Gasteiger partial charge in [-0.3, -0.25) is 4.79 Å². The van der Waals surface area contributed by atoms with Crippen molar-refractivity contribution in [3.05, 3.63) is 0 Å². The molecule has 1 rings (SSSR count). The first kappa shape index (κ1) is 11.5. The van der Waals surface area contributed by atoms with E-state index in [2.05, 4.69) is 6.92 Å². The van der Waals surface area contributed by atoms with E-state index in [9.17, 15) is 4.79 Å². The zero-order chi connectivity index (χ0) is 10.4. The second kappa shape index (κ2) is 6.02. The van der Waals surface area contributed by atoms with Gasteiger partial charge in [-0.2, -0.15) is 0 Å². The number of rotatable bonds is 5. The predicted octanol–water partition coefficient (Wildman–Crippen LogP) is 2.14. The fourth-order valence-corrected chi connectivity index (χ4v) is 1.90. The lowest BCUT2D eigenvalue weighted by Gasteiger charge is -2.12. The highest BCUT2D eigenvalue weighted by Gasteiger charge is 2.23. The maximum absolute atomic E-state index is 11.0. The van der Waals surface area contributed by atoms with E-state index < -0.39 is 0 Å². The van der Waals surface area contributed by atoms with Gasteiger partial charge < -0.3 is 9.47 Å². The monoisotopic (exact) mass is 200 g/mol. The smallest absolute Gasteiger partial charge is 0.305 e. The van der Waals surface area contributed by atoms with E-state index in [4.69, 9.17) is 9.47 Å². The highest BCUT2D eigenvalue weighted by molar-refractivity contribution is 5.69. The molecule has 2 atom stereocenters.